The van der Waals surface area contributed by atoms with Crippen molar-refractivity contribution < 1.29 is 4.79 Å². The molecule has 0 saturated carbocycles. The third kappa shape index (κ3) is 3.52. The molecule has 3 rings (SSSR count). The molecule has 0 aliphatic heterocycles. The fourth-order valence-corrected chi connectivity index (χ4v) is 2.84. The largest absolute Gasteiger partial charge is 0.326 e. The quantitative estimate of drug-likeness (QED) is 0.777. The third-order valence-corrected chi connectivity index (χ3v) is 4.39. The summed E-state index contributed by atoms with van der Waals surface area (Å²) in [5.74, 6) is 1.28. The predicted molar refractivity (Wildman–Crippen MR) is 97.8 cm³/mol. The molecule has 1 amide bonds. The van der Waals surface area contributed by atoms with Crippen LogP contribution >= 0.6 is 0 Å². The van der Waals surface area contributed by atoms with Crippen LogP contribution in [0, 0.1) is 13.8 Å². The zero-order valence-corrected chi connectivity index (χ0v) is 15.1. The van der Waals surface area contributed by atoms with Gasteiger partial charge in [0.25, 0.3) is 5.78 Å². The Hall–Kier alpha value is -2.76. The number of nitrogens with one attached hydrogen (secondary N) is 1. The second-order valence-corrected chi connectivity index (χ2v) is 6.13. The molecule has 2 aromatic heterocycles. The lowest BCUT2D eigenvalue weighted by atomic mass is 10.1. The maximum Gasteiger partial charge on any atom is 0.252 e. The first-order valence-electron chi connectivity index (χ1n) is 8.62. The number of amides is 1. The highest BCUT2D eigenvalue weighted by Crippen LogP contribution is 2.16. The van der Waals surface area contributed by atoms with Crippen molar-refractivity contribution in [1.29, 1.82) is 0 Å². The van der Waals surface area contributed by atoms with E-state index in [0.717, 1.165) is 41.3 Å². The van der Waals surface area contributed by atoms with E-state index < -0.39 is 0 Å². The molecule has 3 aromatic rings. The lowest BCUT2D eigenvalue weighted by molar-refractivity contribution is -0.115. The molecule has 0 saturated heterocycles. The van der Waals surface area contributed by atoms with Gasteiger partial charge in [-0.15, -0.1) is 5.10 Å². The van der Waals surface area contributed by atoms with E-state index in [1.165, 1.54) is 5.56 Å². The molecule has 0 atom stereocenters. The zero-order valence-electron chi connectivity index (χ0n) is 15.1. The number of anilines is 1. The second kappa shape index (κ2) is 7.01. The summed E-state index contributed by atoms with van der Waals surface area (Å²) in [7, 11) is 0. The monoisotopic (exact) mass is 337 g/mol. The summed E-state index contributed by atoms with van der Waals surface area (Å²) < 4.78 is 1.73. The fourth-order valence-electron chi connectivity index (χ4n) is 2.84. The lowest BCUT2D eigenvalue weighted by Gasteiger charge is -2.11. The highest BCUT2D eigenvalue weighted by Gasteiger charge is 2.15. The molecule has 0 fully saturated rings. The maximum absolute atomic E-state index is 12.5. The minimum absolute atomic E-state index is 0.0626. The van der Waals surface area contributed by atoms with Crippen molar-refractivity contribution in [3.63, 3.8) is 0 Å². The van der Waals surface area contributed by atoms with E-state index in [9.17, 15) is 4.79 Å². The van der Waals surface area contributed by atoms with Gasteiger partial charge in [-0.05, 0) is 38.0 Å². The summed E-state index contributed by atoms with van der Waals surface area (Å²) in [4.78, 5) is 21.3. The van der Waals surface area contributed by atoms with Gasteiger partial charge in [0.05, 0.1) is 6.42 Å². The van der Waals surface area contributed by atoms with Crippen molar-refractivity contribution in [2.45, 2.75) is 47.0 Å². The number of hydrogen-bond acceptors (Lipinski definition) is 4. The van der Waals surface area contributed by atoms with E-state index in [1.807, 2.05) is 45.0 Å². The molecule has 0 radical (unpaired) electrons. The summed E-state index contributed by atoms with van der Waals surface area (Å²) in [5, 5.41) is 7.40. The molecular weight excluding hydrogens is 314 g/mol. The summed E-state index contributed by atoms with van der Waals surface area (Å²) in [6, 6.07) is 7.93. The van der Waals surface area contributed by atoms with E-state index in [4.69, 9.17) is 0 Å². The molecule has 0 aliphatic rings. The van der Waals surface area contributed by atoms with Crippen LogP contribution in [0.5, 0.6) is 0 Å². The van der Waals surface area contributed by atoms with E-state index in [0.29, 0.717) is 5.78 Å². The zero-order chi connectivity index (χ0) is 18.0. The number of aromatic nitrogens is 4. The number of fused-ring (bicyclic) bond motifs is 1. The van der Waals surface area contributed by atoms with Crippen molar-refractivity contribution in [2.75, 3.05) is 5.32 Å². The van der Waals surface area contributed by atoms with Gasteiger partial charge in [0.15, 0.2) is 5.82 Å². The number of aryl methyl sites for hydroxylation is 4. The van der Waals surface area contributed by atoms with Crippen LogP contribution in [0.2, 0.25) is 0 Å². The smallest absolute Gasteiger partial charge is 0.252 e. The Labute approximate surface area is 147 Å². The van der Waals surface area contributed by atoms with Gasteiger partial charge in [-0.1, -0.05) is 26.0 Å². The van der Waals surface area contributed by atoms with E-state index in [-0.39, 0.29) is 12.3 Å². The highest BCUT2D eigenvalue weighted by atomic mass is 16.1. The Balaban J connectivity index is 1.82. The van der Waals surface area contributed by atoms with E-state index in [1.54, 1.807) is 4.52 Å². The van der Waals surface area contributed by atoms with Gasteiger partial charge in [0.2, 0.25) is 5.91 Å². The van der Waals surface area contributed by atoms with Gasteiger partial charge in [-0.2, -0.15) is 4.98 Å². The molecule has 6 nitrogen and oxygen atoms in total. The van der Waals surface area contributed by atoms with Crippen LogP contribution in [-0.4, -0.2) is 25.5 Å². The third-order valence-electron chi connectivity index (χ3n) is 4.39. The Morgan fingerprint density at radius 3 is 2.44 bits per heavy atom. The Morgan fingerprint density at radius 1 is 1.08 bits per heavy atom. The highest BCUT2D eigenvalue weighted by molar-refractivity contribution is 5.92. The van der Waals surface area contributed by atoms with Crippen molar-refractivity contribution >= 4 is 17.4 Å². The Morgan fingerprint density at radius 2 is 1.80 bits per heavy atom. The number of benzene rings is 1. The molecule has 0 spiro atoms. The SMILES string of the molecule is CCc1ccc(NC(=O)Cc2c(C)nc3nc(CC)nn3c2C)cc1. The van der Waals surface area contributed by atoms with E-state index in [2.05, 4.69) is 27.3 Å². The molecule has 130 valence electrons. The van der Waals surface area contributed by atoms with Crippen LogP contribution in [0.15, 0.2) is 24.3 Å². The minimum atomic E-state index is -0.0626. The molecular formula is C19H23N5O. The van der Waals surface area contributed by atoms with Crippen LogP contribution in [0.25, 0.3) is 5.78 Å². The van der Waals surface area contributed by atoms with Gasteiger partial charge in [0, 0.05) is 29.1 Å². The molecule has 25 heavy (non-hydrogen) atoms. The minimum Gasteiger partial charge on any atom is -0.326 e. The first kappa shape index (κ1) is 17.1. The number of nitrogens with zero attached hydrogens (tertiary/aromatic N) is 4. The standard InChI is InChI=1S/C19H23N5O/c1-5-14-7-9-15(10-8-14)21-18(25)11-16-12(3)20-19-22-17(6-2)23-24(19)13(16)4/h7-10H,5-6,11H2,1-4H3,(H,21,25). The maximum atomic E-state index is 12.5. The van der Waals surface area contributed by atoms with Crippen LogP contribution in [-0.2, 0) is 24.1 Å². The molecule has 1 aromatic carbocycles. The van der Waals surface area contributed by atoms with Gasteiger partial charge in [0.1, 0.15) is 0 Å². The van der Waals surface area contributed by atoms with Crippen LogP contribution in [0.3, 0.4) is 0 Å². The number of rotatable bonds is 5. The lowest BCUT2D eigenvalue weighted by Crippen LogP contribution is -2.17. The van der Waals surface area contributed by atoms with Crippen LogP contribution < -0.4 is 5.32 Å². The second-order valence-electron chi connectivity index (χ2n) is 6.13. The Kier molecular flexibility index (Phi) is 4.79. The summed E-state index contributed by atoms with van der Waals surface area (Å²) in [6.07, 6.45) is 2.00. The van der Waals surface area contributed by atoms with Gasteiger partial charge in [-0.25, -0.2) is 9.50 Å². The topological polar surface area (TPSA) is 72.2 Å². The molecule has 6 heteroatoms. The first-order valence-corrected chi connectivity index (χ1v) is 8.62. The summed E-state index contributed by atoms with van der Waals surface area (Å²) in [5.41, 5.74) is 4.67. The number of carbonyl (C=O) groups excluding carboxylic acids is 1. The first-order chi connectivity index (χ1) is 12.0. The van der Waals surface area contributed by atoms with Crippen molar-refractivity contribution in [2.24, 2.45) is 0 Å². The van der Waals surface area contributed by atoms with Crippen LogP contribution in [0.1, 0.15) is 42.2 Å². The summed E-state index contributed by atoms with van der Waals surface area (Å²) >= 11 is 0. The normalized spacial score (nSPS) is 11.0. The van der Waals surface area contributed by atoms with Crippen LogP contribution in [0.4, 0.5) is 5.69 Å². The van der Waals surface area contributed by atoms with E-state index >= 15 is 0 Å². The Bertz CT molecular complexity index is 912. The molecule has 0 unspecified atom stereocenters. The van der Waals surface area contributed by atoms with Crippen molar-refractivity contribution in [1.82, 2.24) is 19.6 Å². The molecule has 0 bridgehead atoms. The fraction of sp³-hybridized carbons (Fsp3) is 0.368. The van der Waals surface area contributed by atoms with Gasteiger partial charge >= 0.3 is 0 Å². The average Bonchev–Trinajstić information content (AvgIpc) is 3.02. The number of carbonyl (C=O) groups is 1. The molecule has 2 heterocycles. The predicted octanol–water partition coefficient (Wildman–Crippen LogP) is 3.05. The van der Waals surface area contributed by atoms with Gasteiger partial charge in [-0.3, -0.25) is 4.79 Å². The average molecular weight is 337 g/mol. The molecule has 1 N–H and O–H groups in total. The van der Waals surface area contributed by atoms with Crippen molar-refractivity contribution in [3.8, 4) is 0 Å². The van der Waals surface area contributed by atoms with Gasteiger partial charge < -0.3 is 5.32 Å². The summed E-state index contributed by atoms with van der Waals surface area (Å²) in [6.45, 7) is 7.98. The van der Waals surface area contributed by atoms with Crippen molar-refractivity contribution in [3.05, 3.63) is 52.6 Å². The number of hydrogen-bond donors (Lipinski definition) is 1. The molecule has 0 aliphatic carbocycles.